The molecule has 0 saturated heterocycles. The van der Waals surface area contributed by atoms with Crippen LogP contribution in [0.1, 0.15) is 27.8 Å². The van der Waals surface area contributed by atoms with Gasteiger partial charge in [-0.3, -0.25) is 0 Å². The Morgan fingerprint density at radius 1 is 0.842 bits per heavy atom. The van der Waals surface area contributed by atoms with Crippen molar-refractivity contribution in [3.05, 3.63) is 64.2 Å². The minimum Gasteiger partial charge on any atom is -0.355 e. The van der Waals surface area contributed by atoms with Crippen molar-refractivity contribution in [3.63, 3.8) is 0 Å². The van der Waals surface area contributed by atoms with Gasteiger partial charge in [0.1, 0.15) is 5.05 Å². The Hall–Kier alpha value is -1.38. The second-order valence-electron chi connectivity index (χ2n) is 5.04. The monoisotopic (exact) mass is 272 g/mol. The van der Waals surface area contributed by atoms with Gasteiger partial charge in [0.15, 0.2) is 0 Å². The van der Waals surface area contributed by atoms with Gasteiger partial charge in [-0.1, -0.05) is 35.4 Å². The van der Waals surface area contributed by atoms with Crippen molar-refractivity contribution in [3.8, 4) is 0 Å². The van der Waals surface area contributed by atoms with E-state index in [-0.39, 0.29) is 0 Å². The Kier molecular flexibility index (Phi) is 4.23. The number of aliphatic hydroxyl groups is 1. The molecule has 2 aromatic rings. The van der Waals surface area contributed by atoms with Crippen LogP contribution in [0.3, 0.4) is 0 Å². The van der Waals surface area contributed by atoms with E-state index < -0.39 is 0 Å². The summed E-state index contributed by atoms with van der Waals surface area (Å²) >= 11 is 0.863. The van der Waals surface area contributed by atoms with E-state index in [0.717, 1.165) is 32.9 Å². The summed E-state index contributed by atoms with van der Waals surface area (Å²) in [5, 5.41) is 10.8. The summed E-state index contributed by atoms with van der Waals surface area (Å²) in [5.41, 5.74) is 5.72. The van der Waals surface area contributed by atoms with Gasteiger partial charge in [0.2, 0.25) is 0 Å². The highest BCUT2D eigenvalue weighted by Gasteiger charge is 2.07. The maximum absolute atomic E-state index is 10.4. The molecular formula is C17H20OS. The molecule has 19 heavy (non-hydrogen) atoms. The van der Waals surface area contributed by atoms with E-state index >= 15 is 0 Å². The minimum absolute atomic E-state index is 0.429. The SMILES string of the molecule is Cc1ccc([SH]=C(O)c2c(C)cc(C)cc2C)cc1. The molecule has 0 heterocycles. The average Bonchev–Trinajstić information content (AvgIpc) is 2.30. The summed E-state index contributed by atoms with van der Waals surface area (Å²) in [4.78, 5) is 1.11. The van der Waals surface area contributed by atoms with Crippen molar-refractivity contribution in [2.24, 2.45) is 0 Å². The van der Waals surface area contributed by atoms with Gasteiger partial charge >= 0.3 is 0 Å². The van der Waals surface area contributed by atoms with Crippen LogP contribution in [0.5, 0.6) is 0 Å². The van der Waals surface area contributed by atoms with Crippen LogP contribution in [0.15, 0.2) is 41.3 Å². The van der Waals surface area contributed by atoms with E-state index in [2.05, 4.69) is 64.1 Å². The molecular weight excluding hydrogens is 252 g/mol. The standard InChI is InChI=1S/C17H20OS/c1-11-5-7-15(8-6-11)19-17(18)16-13(3)9-12(2)10-14(16)4/h5-10,18-19H,1-4H3. The van der Waals surface area contributed by atoms with E-state index in [9.17, 15) is 5.11 Å². The van der Waals surface area contributed by atoms with Crippen LogP contribution in [-0.2, 0) is 0 Å². The molecule has 1 nitrogen and oxygen atoms in total. The average molecular weight is 272 g/mol. The molecule has 100 valence electrons. The summed E-state index contributed by atoms with van der Waals surface area (Å²) < 4.78 is 0. The van der Waals surface area contributed by atoms with Crippen LogP contribution < -0.4 is 0 Å². The molecule has 0 aliphatic rings. The number of benzene rings is 2. The number of rotatable bonds is 2. The maximum atomic E-state index is 10.4. The lowest BCUT2D eigenvalue weighted by molar-refractivity contribution is 0.569. The first-order valence-electron chi connectivity index (χ1n) is 6.40. The first kappa shape index (κ1) is 14.0. The van der Waals surface area contributed by atoms with Crippen LogP contribution in [-0.4, -0.2) is 10.2 Å². The van der Waals surface area contributed by atoms with E-state index in [4.69, 9.17) is 0 Å². The third kappa shape index (κ3) is 3.34. The summed E-state index contributed by atoms with van der Waals surface area (Å²) in [6, 6.07) is 12.5. The van der Waals surface area contributed by atoms with Gasteiger partial charge in [0.25, 0.3) is 0 Å². The van der Waals surface area contributed by atoms with Gasteiger partial charge < -0.3 is 5.11 Å². The maximum Gasteiger partial charge on any atom is 0.105 e. The van der Waals surface area contributed by atoms with Crippen molar-refractivity contribution in [2.45, 2.75) is 32.6 Å². The van der Waals surface area contributed by atoms with Gasteiger partial charge in [-0.15, -0.1) is 11.4 Å². The number of aryl methyl sites for hydroxylation is 4. The Labute approximate surface area is 118 Å². The molecule has 0 atom stereocenters. The number of hydrogen-bond acceptors (Lipinski definition) is 0. The van der Waals surface area contributed by atoms with Crippen LogP contribution >= 0.6 is 11.4 Å². The number of thiol groups is 1. The molecule has 0 aliphatic carbocycles. The minimum atomic E-state index is 0.429. The van der Waals surface area contributed by atoms with E-state index in [1.807, 2.05) is 0 Å². The smallest absolute Gasteiger partial charge is 0.105 e. The Balaban J connectivity index is 2.44. The van der Waals surface area contributed by atoms with Crippen LogP contribution in [0.2, 0.25) is 0 Å². The molecule has 0 aromatic heterocycles. The van der Waals surface area contributed by atoms with E-state index in [1.165, 1.54) is 11.1 Å². The zero-order valence-corrected chi connectivity index (χ0v) is 12.8. The molecule has 0 bridgehead atoms. The summed E-state index contributed by atoms with van der Waals surface area (Å²) in [7, 11) is 0. The fourth-order valence-corrected chi connectivity index (χ4v) is 3.34. The molecule has 2 heteroatoms. The highest BCUT2D eigenvalue weighted by atomic mass is 32.1. The second-order valence-corrected chi connectivity index (χ2v) is 6.21. The van der Waals surface area contributed by atoms with Gasteiger partial charge in [0.05, 0.1) is 0 Å². The molecule has 0 amide bonds. The Bertz CT molecular complexity index is 601. The molecule has 0 unspecified atom stereocenters. The molecule has 0 spiro atoms. The topological polar surface area (TPSA) is 20.2 Å². The lowest BCUT2D eigenvalue weighted by atomic mass is 10.0. The molecule has 0 radical (unpaired) electrons. The normalized spacial score (nSPS) is 12.2. The first-order valence-corrected chi connectivity index (χ1v) is 7.29. The summed E-state index contributed by atoms with van der Waals surface area (Å²) in [5.74, 6) is 0. The molecule has 2 aromatic carbocycles. The fourth-order valence-electron chi connectivity index (χ4n) is 2.33. The van der Waals surface area contributed by atoms with Crippen molar-refractivity contribution in [2.75, 3.05) is 0 Å². The fraction of sp³-hybridized carbons (Fsp3) is 0.235. The lowest BCUT2D eigenvalue weighted by Gasteiger charge is -2.11. The van der Waals surface area contributed by atoms with Gasteiger partial charge in [0, 0.05) is 10.5 Å². The van der Waals surface area contributed by atoms with Crippen molar-refractivity contribution in [1.82, 2.24) is 0 Å². The van der Waals surface area contributed by atoms with Crippen molar-refractivity contribution in [1.29, 1.82) is 0 Å². The molecule has 0 saturated carbocycles. The zero-order chi connectivity index (χ0) is 14.0. The Morgan fingerprint density at radius 3 is 1.89 bits per heavy atom. The first-order chi connectivity index (χ1) is 8.97. The van der Waals surface area contributed by atoms with E-state index in [1.54, 1.807) is 0 Å². The molecule has 2 rings (SSSR count). The third-order valence-electron chi connectivity index (χ3n) is 3.17. The van der Waals surface area contributed by atoms with Crippen LogP contribution in [0, 0.1) is 27.7 Å². The molecule has 0 fully saturated rings. The van der Waals surface area contributed by atoms with Crippen molar-refractivity contribution >= 4 is 16.4 Å². The largest absolute Gasteiger partial charge is 0.355 e. The second kappa shape index (κ2) is 5.72. The summed E-state index contributed by atoms with van der Waals surface area (Å²) in [6.07, 6.45) is 0. The lowest BCUT2D eigenvalue weighted by Crippen LogP contribution is -2.03. The highest BCUT2D eigenvalue weighted by Crippen LogP contribution is 2.21. The zero-order valence-electron chi connectivity index (χ0n) is 11.9. The van der Waals surface area contributed by atoms with Gasteiger partial charge in [-0.25, -0.2) is 0 Å². The quantitative estimate of drug-likeness (QED) is 0.610. The Morgan fingerprint density at radius 2 is 1.37 bits per heavy atom. The van der Waals surface area contributed by atoms with E-state index in [0.29, 0.717) is 5.05 Å². The van der Waals surface area contributed by atoms with Gasteiger partial charge in [-0.05, 0) is 51.0 Å². The van der Waals surface area contributed by atoms with Crippen LogP contribution in [0.25, 0.3) is 0 Å². The molecule has 0 aliphatic heterocycles. The van der Waals surface area contributed by atoms with Gasteiger partial charge in [-0.2, -0.15) is 0 Å². The predicted octanol–water partition coefficient (Wildman–Crippen LogP) is 4.48. The molecule has 1 N–H and O–H groups in total. The highest BCUT2D eigenvalue weighted by molar-refractivity contribution is 7.98. The summed E-state index contributed by atoms with van der Waals surface area (Å²) in [6.45, 7) is 8.25. The number of aliphatic hydroxyl groups excluding tert-OH is 1. The van der Waals surface area contributed by atoms with Crippen LogP contribution in [0.4, 0.5) is 0 Å². The predicted molar refractivity (Wildman–Crippen MR) is 85.8 cm³/mol. The third-order valence-corrected chi connectivity index (χ3v) is 4.16. The number of hydrogen-bond donors (Lipinski definition) is 2. The van der Waals surface area contributed by atoms with Crippen molar-refractivity contribution < 1.29 is 5.11 Å².